The van der Waals surface area contributed by atoms with Gasteiger partial charge in [-0.05, 0) is 36.8 Å². The van der Waals surface area contributed by atoms with E-state index in [4.69, 9.17) is 4.42 Å². The van der Waals surface area contributed by atoms with E-state index in [0.29, 0.717) is 11.1 Å². The number of hydrogen-bond acceptors (Lipinski definition) is 5. The standard InChI is InChI=1S/C15H12FN3OS/c1-10(11-2-4-13(16)5-3-11)21-15-19-18-14(20-15)12-6-8-17-9-7-12/h2-10H,1H3. The van der Waals surface area contributed by atoms with Crippen molar-refractivity contribution >= 4 is 11.8 Å². The molecule has 2 aromatic heterocycles. The second-order valence-corrected chi connectivity index (χ2v) is 5.71. The van der Waals surface area contributed by atoms with Crippen molar-refractivity contribution in [2.45, 2.75) is 17.4 Å². The van der Waals surface area contributed by atoms with Crippen molar-refractivity contribution in [2.24, 2.45) is 0 Å². The Morgan fingerprint density at radius 1 is 1.05 bits per heavy atom. The number of thioether (sulfide) groups is 1. The third-order valence-corrected chi connectivity index (χ3v) is 3.94. The van der Waals surface area contributed by atoms with E-state index in [-0.39, 0.29) is 11.1 Å². The second kappa shape index (κ2) is 6.05. The largest absolute Gasteiger partial charge is 0.411 e. The van der Waals surface area contributed by atoms with Crippen LogP contribution in [0.3, 0.4) is 0 Å². The number of pyridine rings is 1. The average Bonchev–Trinajstić information content (AvgIpc) is 2.97. The first kappa shape index (κ1) is 13.8. The summed E-state index contributed by atoms with van der Waals surface area (Å²) >= 11 is 1.44. The summed E-state index contributed by atoms with van der Waals surface area (Å²) in [6.07, 6.45) is 3.35. The van der Waals surface area contributed by atoms with Crippen LogP contribution in [-0.4, -0.2) is 15.2 Å². The SMILES string of the molecule is CC(Sc1nnc(-c2ccncc2)o1)c1ccc(F)cc1. The Morgan fingerprint density at radius 2 is 1.76 bits per heavy atom. The van der Waals surface area contributed by atoms with Crippen LogP contribution in [0.4, 0.5) is 4.39 Å². The minimum atomic E-state index is -0.242. The Morgan fingerprint density at radius 3 is 2.48 bits per heavy atom. The van der Waals surface area contributed by atoms with Crippen LogP contribution < -0.4 is 0 Å². The predicted octanol–water partition coefficient (Wildman–Crippen LogP) is 4.12. The van der Waals surface area contributed by atoms with Crippen molar-refractivity contribution in [1.82, 2.24) is 15.2 Å². The third-order valence-electron chi connectivity index (χ3n) is 2.95. The van der Waals surface area contributed by atoms with Gasteiger partial charge in [-0.25, -0.2) is 4.39 Å². The molecule has 0 spiro atoms. The monoisotopic (exact) mass is 301 g/mol. The van der Waals surface area contributed by atoms with Crippen LogP contribution in [0.1, 0.15) is 17.7 Å². The molecule has 0 saturated carbocycles. The zero-order valence-electron chi connectivity index (χ0n) is 11.2. The number of nitrogens with zero attached hydrogens (tertiary/aromatic N) is 3. The molecule has 3 aromatic rings. The zero-order chi connectivity index (χ0) is 14.7. The van der Waals surface area contributed by atoms with Crippen molar-refractivity contribution in [3.05, 3.63) is 60.2 Å². The minimum absolute atomic E-state index is 0.0938. The molecule has 1 aromatic carbocycles. The summed E-state index contributed by atoms with van der Waals surface area (Å²) < 4.78 is 18.5. The van der Waals surface area contributed by atoms with Crippen LogP contribution in [0.5, 0.6) is 0 Å². The van der Waals surface area contributed by atoms with Gasteiger partial charge in [0.1, 0.15) is 5.82 Å². The molecule has 0 bridgehead atoms. The average molecular weight is 301 g/mol. The van der Waals surface area contributed by atoms with Gasteiger partial charge in [0.2, 0.25) is 5.89 Å². The van der Waals surface area contributed by atoms with Gasteiger partial charge in [-0.15, -0.1) is 10.2 Å². The molecule has 1 atom stereocenters. The van der Waals surface area contributed by atoms with Gasteiger partial charge < -0.3 is 4.42 Å². The number of benzene rings is 1. The van der Waals surface area contributed by atoms with Crippen LogP contribution in [-0.2, 0) is 0 Å². The van der Waals surface area contributed by atoms with E-state index in [9.17, 15) is 4.39 Å². The maximum atomic E-state index is 12.9. The molecule has 0 aliphatic carbocycles. The van der Waals surface area contributed by atoms with Gasteiger partial charge in [-0.3, -0.25) is 4.98 Å². The second-order valence-electron chi connectivity index (χ2n) is 4.42. The molecule has 6 heteroatoms. The number of hydrogen-bond donors (Lipinski definition) is 0. The Hall–Kier alpha value is -2.21. The van der Waals surface area contributed by atoms with Crippen molar-refractivity contribution in [3.8, 4) is 11.5 Å². The highest BCUT2D eigenvalue weighted by Crippen LogP contribution is 2.34. The van der Waals surface area contributed by atoms with Crippen LogP contribution in [0.25, 0.3) is 11.5 Å². The smallest absolute Gasteiger partial charge is 0.277 e. The quantitative estimate of drug-likeness (QED) is 0.678. The lowest BCUT2D eigenvalue weighted by Gasteiger charge is -2.08. The van der Waals surface area contributed by atoms with E-state index in [0.717, 1.165) is 11.1 Å². The number of rotatable bonds is 4. The van der Waals surface area contributed by atoms with Crippen molar-refractivity contribution in [1.29, 1.82) is 0 Å². The Bertz CT molecular complexity index is 715. The molecule has 106 valence electrons. The lowest BCUT2D eigenvalue weighted by molar-refractivity contribution is 0.465. The van der Waals surface area contributed by atoms with Crippen molar-refractivity contribution < 1.29 is 8.81 Å². The number of halogens is 1. The summed E-state index contributed by atoms with van der Waals surface area (Å²) in [5.74, 6) is 0.222. The molecule has 1 unspecified atom stereocenters. The summed E-state index contributed by atoms with van der Waals surface area (Å²) in [7, 11) is 0. The van der Waals surface area contributed by atoms with E-state index in [1.807, 2.05) is 19.1 Å². The summed E-state index contributed by atoms with van der Waals surface area (Å²) in [6, 6.07) is 10.0. The highest BCUT2D eigenvalue weighted by molar-refractivity contribution is 7.99. The van der Waals surface area contributed by atoms with E-state index < -0.39 is 0 Å². The molecular weight excluding hydrogens is 289 g/mol. The van der Waals surface area contributed by atoms with E-state index >= 15 is 0 Å². The molecule has 0 aliphatic rings. The molecule has 3 rings (SSSR count). The van der Waals surface area contributed by atoms with E-state index in [2.05, 4.69) is 15.2 Å². The first-order valence-electron chi connectivity index (χ1n) is 6.38. The third kappa shape index (κ3) is 3.28. The summed E-state index contributed by atoms with van der Waals surface area (Å²) in [6.45, 7) is 2.01. The van der Waals surface area contributed by atoms with Crippen LogP contribution in [0.2, 0.25) is 0 Å². The molecule has 0 N–H and O–H groups in total. The van der Waals surface area contributed by atoms with Gasteiger partial charge in [-0.1, -0.05) is 23.9 Å². The van der Waals surface area contributed by atoms with Crippen molar-refractivity contribution in [2.75, 3.05) is 0 Å². The fourth-order valence-electron chi connectivity index (χ4n) is 1.82. The van der Waals surface area contributed by atoms with Crippen molar-refractivity contribution in [3.63, 3.8) is 0 Å². The highest BCUT2D eigenvalue weighted by Gasteiger charge is 2.14. The fourth-order valence-corrected chi connectivity index (χ4v) is 2.63. The molecular formula is C15H12FN3OS. The maximum Gasteiger partial charge on any atom is 0.277 e. The zero-order valence-corrected chi connectivity index (χ0v) is 12.0. The topological polar surface area (TPSA) is 51.8 Å². The number of aromatic nitrogens is 3. The molecule has 0 radical (unpaired) electrons. The lowest BCUT2D eigenvalue weighted by Crippen LogP contribution is -1.88. The van der Waals surface area contributed by atoms with Crippen LogP contribution >= 0.6 is 11.8 Å². The molecule has 0 saturated heterocycles. The van der Waals surface area contributed by atoms with Gasteiger partial charge in [0.25, 0.3) is 5.22 Å². The molecule has 0 amide bonds. The molecule has 4 nitrogen and oxygen atoms in total. The maximum absolute atomic E-state index is 12.9. The van der Waals surface area contributed by atoms with Gasteiger partial charge >= 0.3 is 0 Å². The summed E-state index contributed by atoms with van der Waals surface area (Å²) in [5, 5.41) is 8.63. The summed E-state index contributed by atoms with van der Waals surface area (Å²) in [4.78, 5) is 3.95. The van der Waals surface area contributed by atoms with E-state index in [1.165, 1.54) is 23.9 Å². The predicted molar refractivity (Wildman–Crippen MR) is 78.2 cm³/mol. The molecule has 0 fully saturated rings. The Labute approximate surface area is 125 Å². The van der Waals surface area contributed by atoms with Gasteiger partial charge in [0, 0.05) is 23.2 Å². The van der Waals surface area contributed by atoms with Gasteiger partial charge in [0.05, 0.1) is 0 Å². The first-order chi connectivity index (χ1) is 10.2. The first-order valence-corrected chi connectivity index (χ1v) is 7.26. The molecule has 21 heavy (non-hydrogen) atoms. The Kier molecular flexibility index (Phi) is 3.96. The summed E-state index contributed by atoms with van der Waals surface area (Å²) in [5.41, 5.74) is 1.84. The Balaban J connectivity index is 1.74. The molecule has 0 aliphatic heterocycles. The van der Waals surface area contributed by atoms with Gasteiger partial charge in [-0.2, -0.15) is 0 Å². The van der Waals surface area contributed by atoms with E-state index in [1.54, 1.807) is 24.5 Å². The lowest BCUT2D eigenvalue weighted by atomic mass is 10.2. The minimum Gasteiger partial charge on any atom is -0.411 e. The van der Waals surface area contributed by atoms with Gasteiger partial charge in [0.15, 0.2) is 0 Å². The highest BCUT2D eigenvalue weighted by atomic mass is 32.2. The normalized spacial score (nSPS) is 12.3. The van der Waals surface area contributed by atoms with Crippen LogP contribution in [0.15, 0.2) is 58.4 Å². The molecule has 2 heterocycles. The van der Waals surface area contributed by atoms with Crippen LogP contribution in [0, 0.1) is 5.82 Å². The fraction of sp³-hybridized carbons (Fsp3) is 0.133.